The fourth-order valence-electron chi connectivity index (χ4n) is 2.22. The zero-order chi connectivity index (χ0) is 20.8. The predicted octanol–water partition coefficient (Wildman–Crippen LogP) is 1.72. The predicted molar refractivity (Wildman–Crippen MR) is 107 cm³/mol. The topological polar surface area (TPSA) is 86.8 Å². The second-order valence-electron chi connectivity index (χ2n) is 6.98. The number of rotatable bonds is 9. The summed E-state index contributed by atoms with van der Waals surface area (Å²) in [5, 5.41) is 3.38. The number of carbonyl (C=O) groups excluding carboxylic acids is 2. The van der Waals surface area contributed by atoms with Gasteiger partial charge in [0, 0.05) is 25.2 Å². The Bertz CT molecular complexity index is 750. The minimum Gasteiger partial charge on any atom is -0.354 e. The molecule has 0 saturated carbocycles. The molecule has 1 aromatic rings. The molecule has 0 spiro atoms. The van der Waals surface area contributed by atoms with Gasteiger partial charge in [-0.25, -0.2) is 8.42 Å². The number of hydrogen-bond donors (Lipinski definition) is 1. The number of benzene rings is 1. The molecule has 1 rings (SSSR count). The van der Waals surface area contributed by atoms with Crippen LogP contribution in [0.5, 0.6) is 0 Å². The molecule has 0 bridgehead atoms. The summed E-state index contributed by atoms with van der Waals surface area (Å²) < 4.78 is 24.2. The molecule has 0 aliphatic rings. The summed E-state index contributed by atoms with van der Waals surface area (Å²) in [5.41, 5.74) is 0.790. The van der Waals surface area contributed by atoms with Gasteiger partial charge in [-0.1, -0.05) is 37.6 Å². The van der Waals surface area contributed by atoms with Crippen LogP contribution in [0.25, 0.3) is 0 Å². The lowest BCUT2D eigenvalue weighted by atomic mass is 10.1. The first-order chi connectivity index (χ1) is 12.4. The number of sulfonamides is 1. The Morgan fingerprint density at radius 3 is 2.19 bits per heavy atom. The molecule has 1 aromatic carbocycles. The molecule has 0 radical (unpaired) electrons. The van der Waals surface area contributed by atoms with Crippen LogP contribution in [-0.2, 0) is 26.2 Å². The van der Waals surface area contributed by atoms with Gasteiger partial charge in [0.1, 0.15) is 6.04 Å². The van der Waals surface area contributed by atoms with E-state index < -0.39 is 22.0 Å². The molecule has 1 N–H and O–H groups in total. The molecule has 0 fully saturated rings. The van der Waals surface area contributed by atoms with Crippen LogP contribution in [0, 0.1) is 5.92 Å². The zero-order valence-corrected chi connectivity index (χ0v) is 18.0. The molecule has 9 heteroatoms. The number of amides is 2. The Kier molecular flexibility index (Phi) is 8.71. The van der Waals surface area contributed by atoms with Gasteiger partial charge in [0.25, 0.3) is 0 Å². The number of hydrogen-bond acceptors (Lipinski definition) is 4. The quantitative estimate of drug-likeness (QED) is 0.662. The molecule has 0 aromatic heterocycles. The molecule has 27 heavy (non-hydrogen) atoms. The van der Waals surface area contributed by atoms with Crippen molar-refractivity contribution in [3.05, 3.63) is 34.9 Å². The average Bonchev–Trinajstić information content (AvgIpc) is 2.57. The minimum atomic E-state index is -3.51. The van der Waals surface area contributed by atoms with E-state index in [2.05, 4.69) is 5.32 Å². The first-order valence-electron chi connectivity index (χ1n) is 8.64. The first-order valence-corrected chi connectivity index (χ1v) is 10.9. The number of carbonyl (C=O) groups is 2. The van der Waals surface area contributed by atoms with E-state index in [-0.39, 0.29) is 24.9 Å². The standard InChI is InChI=1S/C18H28ClN3O4S/c1-13(2)10-20-18(24)14(3)22(11-15-6-8-16(19)9-7-15)17(23)12-21(4)27(5,25)26/h6-9,13-14H,10-12H2,1-5H3,(H,20,24)/t14-/m1/s1. The first kappa shape index (κ1) is 23.4. The highest BCUT2D eigenvalue weighted by molar-refractivity contribution is 7.88. The van der Waals surface area contributed by atoms with Crippen LogP contribution in [0.1, 0.15) is 26.3 Å². The molecular weight excluding hydrogens is 390 g/mol. The van der Waals surface area contributed by atoms with Crippen molar-refractivity contribution >= 4 is 33.4 Å². The molecule has 0 heterocycles. The SMILES string of the molecule is CC(C)CNC(=O)[C@@H](C)N(Cc1ccc(Cl)cc1)C(=O)CN(C)S(C)(=O)=O. The summed E-state index contributed by atoms with van der Waals surface area (Å²) in [7, 11) is -2.18. The molecule has 0 saturated heterocycles. The van der Waals surface area contributed by atoms with Gasteiger partial charge in [0.15, 0.2) is 0 Å². The zero-order valence-electron chi connectivity index (χ0n) is 16.4. The highest BCUT2D eigenvalue weighted by Gasteiger charge is 2.28. The van der Waals surface area contributed by atoms with Crippen molar-refractivity contribution in [1.82, 2.24) is 14.5 Å². The lowest BCUT2D eigenvalue weighted by Gasteiger charge is -2.30. The van der Waals surface area contributed by atoms with Crippen molar-refractivity contribution in [2.75, 3.05) is 26.4 Å². The fourth-order valence-corrected chi connectivity index (χ4v) is 2.69. The highest BCUT2D eigenvalue weighted by atomic mass is 35.5. The maximum absolute atomic E-state index is 12.8. The van der Waals surface area contributed by atoms with Crippen molar-refractivity contribution < 1.29 is 18.0 Å². The average molecular weight is 418 g/mol. The van der Waals surface area contributed by atoms with Gasteiger partial charge in [-0.3, -0.25) is 9.59 Å². The Balaban J connectivity index is 3.01. The van der Waals surface area contributed by atoms with Crippen molar-refractivity contribution in [2.45, 2.75) is 33.4 Å². The maximum Gasteiger partial charge on any atom is 0.242 e. The number of nitrogens with one attached hydrogen (secondary N) is 1. The molecule has 0 unspecified atom stereocenters. The molecule has 7 nitrogen and oxygen atoms in total. The summed E-state index contributed by atoms with van der Waals surface area (Å²) in [6.45, 7) is 5.91. The van der Waals surface area contributed by atoms with Crippen LogP contribution < -0.4 is 5.32 Å². The normalized spacial score (nSPS) is 12.9. The van der Waals surface area contributed by atoms with E-state index in [1.807, 2.05) is 13.8 Å². The van der Waals surface area contributed by atoms with Crippen LogP contribution >= 0.6 is 11.6 Å². The van der Waals surface area contributed by atoms with Gasteiger partial charge in [-0.2, -0.15) is 4.31 Å². The third kappa shape index (κ3) is 7.86. The van der Waals surface area contributed by atoms with Gasteiger partial charge in [0.05, 0.1) is 12.8 Å². The summed E-state index contributed by atoms with van der Waals surface area (Å²) in [6, 6.07) is 6.18. The molecule has 0 aliphatic heterocycles. The van der Waals surface area contributed by atoms with E-state index in [4.69, 9.17) is 11.6 Å². The van der Waals surface area contributed by atoms with Crippen molar-refractivity contribution in [3.8, 4) is 0 Å². The largest absolute Gasteiger partial charge is 0.354 e. The molecular formula is C18H28ClN3O4S. The minimum absolute atomic E-state index is 0.171. The van der Waals surface area contributed by atoms with E-state index in [9.17, 15) is 18.0 Å². The van der Waals surface area contributed by atoms with E-state index in [1.54, 1.807) is 31.2 Å². The second-order valence-corrected chi connectivity index (χ2v) is 9.51. The van der Waals surface area contributed by atoms with E-state index in [0.29, 0.717) is 11.6 Å². The van der Waals surface area contributed by atoms with E-state index in [1.165, 1.54) is 11.9 Å². The van der Waals surface area contributed by atoms with Crippen LogP contribution in [0.2, 0.25) is 5.02 Å². The van der Waals surface area contributed by atoms with Gasteiger partial charge in [-0.15, -0.1) is 0 Å². The van der Waals surface area contributed by atoms with E-state index >= 15 is 0 Å². The highest BCUT2D eigenvalue weighted by Crippen LogP contribution is 2.14. The third-order valence-corrected chi connectivity index (χ3v) is 5.56. The molecule has 2 amide bonds. The lowest BCUT2D eigenvalue weighted by molar-refractivity contribution is -0.140. The Labute approximate surface area is 166 Å². The third-order valence-electron chi connectivity index (χ3n) is 4.04. The van der Waals surface area contributed by atoms with Crippen molar-refractivity contribution in [2.24, 2.45) is 5.92 Å². The van der Waals surface area contributed by atoms with Crippen molar-refractivity contribution in [3.63, 3.8) is 0 Å². The second kappa shape index (κ2) is 10.1. The van der Waals surface area contributed by atoms with Crippen LogP contribution in [0.15, 0.2) is 24.3 Å². The van der Waals surface area contributed by atoms with Gasteiger partial charge >= 0.3 is 0 Å². The molecule has 1 atom stereocenters. The molecule has 0 aliphatic carbocycles. The van der Waals surface area contributed by atoms with Gasteiger partial charge < -0.3 is 10.2 Å². The van der Waals surface area contributed by atoms with Crippen LogP contribution in [0.4, 0.5) is 0 Å². The Morgan fingerprint density at radius 2 is 1.70 bits per heavy atom. The Hall–Kier alpha value is -1.64. The number of likely N-dealkylation sites (N-methyl/N-ethyl adjacent to an activating group) is 1. The lowest BCUT2D eigenvalue weighted by Crippen LogP contribution is -2.51. The monoisotopic (exact) mass is 417 g/mol. The summed E-state index contributed by atoms with van der Waals surface area (Å²) in [6.07, 6.45) is 1.03. The van der Waals surface area contributed by atoms with E-state index in [0.717, 1.165) is 16.1 Å². The van der Waals surface area contributed by atoms with Gasteiger partial charge in [-0.05, 0) is 30.5 Å². The molecule has 152 valence electrons. The summed E-state index contributed by atoms with van der Waals surface area (Å²) >= 11 is 5.90. The van der Waals surface area contributed by atoms with Crippen LogP contribution in [0.3, 0.4) is 0 Å². The number of nitrogens with zero attached hydrogens (tertiary/aromatic N) is 2. The fraction of sp³-hybridized carbons (Fsp3) is 0.556. The maximum atomic E-state index is 12.8. The van der Waals surface area contributed by atoms with Crippen molar-refractivity contribution in [1.29, 1.82) is 0 Å². The number of halogens is 1. The smallest absolute Gasteiger partial charge is 0.242 e. The van der Waals surface area contributed by atoms with Gasteiger partial charge in [0.2, 0.25) is 21.8 Å². The summed E-state index contributed by atoms with van der Waals surface area (Å²) in [5.74, 6) is -0.462. The van der Waals surface area contributed by atoms with Crippen LogP contribution in [-0.4, -0.2) is 61.9 Å². The summed E-state index contributed by atoms with van der Waals surface area (Å²) in [4.78, 5) is 26.6. The Morgan fingerprint density at radius 1 is 1.15 bits per heavy atom.